The van der Waals surface area contributed by atoms with Crippen molar-refractivity contribution in [2.45, 2.75) is 52.0 Å². The van der Waals surface area contributed by atoms with Gasteiger partial charge in [0, 0.05) is 11.0 Å². The van der Waals surface area contributed by atoms with E-state index < -0.39 is 5.54 Å². The number of nitrogens with zero attached hydrogens (tertiary/aromatic N) is 1. The number of rotatable bonds is 2. The fourth-order valence-corrected chi connectivity index (χ4v) is 3.41. The van der Waals surface area contributed by atoms with Crippen LogP contribution < -0.4 is 5.32 Å². The number of nitrogens with one attached hydrogen (secondary N) is 1. The van der Waals surface area contributed by atoms with Crippen LogP contribution in [0.15, 0.2) is 12.1 Å². The van der Waals surface area contributed by atoms with Crippen molar-refractivity contribution in [2.75, 3.05) is 0 Å². The molecule has 0 heterocycles. The van der Waals surface area contributed by atoms with Crippen LogP contribution >= 0.6 is 0 Å². The predicted octanol–water partition coefficient (Wildman–Crippen LogP) is 2.91. The van der Waals surface area contributed by atoms with Gasteiger partial charge in [0.2, 0.25) is 0 Å². The van der Waals surface area contributed by atoms with Gasteiger partial charge in [-0.15, -0.1) is 0 Å². The van der Waals surface area contributed by atoms with E-state index in [-0.39, 0.29) is 11.3 Å². The standard InChI is InChI=1S/C17H20N2O/c1-11-7-8-14(13-6-4-5-12(11)13)15(20)19-17(10-18)9-16(17,2)3/h7-8H,4-6,9H2,1-3H3,(H,19,20)/t17-/m1/s1. The monoisotopic (exact) mass is 268 g/mol. The molecule has 0 unspecified atom stereocenters. The van der Waals surface area contributed by atoms with Gasteiger partial charge in [-0.1, -0.05) is 19.9 Å². The number of benzene rings is 1. The number of amides is 1. The summed E-state index contributed by atoms with van der Waals surface area (Å²) in [7, 11) is 0. The van der Waals surface area contributed by atoms with Gasteiger partial charge in [0.15, 0.2) is 0 Å². The van der Waals surface area contributed by atoms with Crippen molar-refractivity contribution >= 4 is 5.91 Å². The predicted molar refractivity (Wildman–Crippen MR) is 77.4 cm³/mol. The van der Waals surface area contributed by atoms with Crippen molar-refractivity contribution in [2.24, 2.45) is 5.41 Å². The van der Waals surface area contributed by atoms with E-state index in [0.717, 1.165) is 31.2 Å². The lowest BCUT2D eigenvalue weighted by molar-refractivity contribution is 0.0933. The molecule has 1 aromatic rings. The number of carbonyl (C=O) groups excluding carboxylic acids is 1. The highest BCUT2D eigenvalue weighted by molar-refractivity contribution is 5.97. The van der Waals surface area contributed by atoms with E-state index in [2.05, 4.69) is 18.3 Å². The molecule has 0 aromatic heterocycles. The number of fused-ring (bicyclic) bond motifs is 1. The molecule has 1 aromatic carbocycles. The highest BCUT2D eigenvalue weighted by Crippen LogP contribution is 2.55. The Bertz CT molecular complexity index is 639. The molecular formula is C17H20N2O. The van der Waals surface area contributed by atoms with Crippen molar-refractivity contribution in [3.8, 4) is 6.07 Å². The summed E-state index contributed by atoms with van der Waals surface area (Å²) in [6, 6.07) is 6.23. The number of carbonyl (C=O) groups is 1. The third-order valence-corrected chi connectivity index (χ3v) is 5.02. The summed E-state index contributed by atoms with van der Waals surface area (Å²) in [5.74, 6) is -0.0877. The fourth-order valence-electron chi connectivity index (χ4n) is 3.41. The molecule has 1 atom stereocenters. The van der Waals surface area contributed by atoms with Crippen molar-refractivity contribution in [3.05, 3.63) is 34.4 Å². The van der Waals surface area contributed by atoms with Gasteiger partial charge in [-0.05, 0) is 55.4 Å². The number of aryl methyl sites for hydroxylation is 1. The highest BCUT2D eigenvalue weighted by atomic mass is 16.1. The average molecular weight is 268 g/mol. The maximum atomic E-state index is 12.6. The molecule has 0 bridgehead atoms. The largest absolute Gasteiger partial charge is 0.333 e. The summed E-state index contributed by atoms with van der Waals surface area (Å²) < 4.78 is 0. The topological polar surface area (TPSA) is 52.9 Å². The van der Waals surface area contributed by atoms with Crippen molar-refractivity contribution in [3.63, 3.8) is 0 Å². The third kappa shape index (κ3) is 1.75. The molecule has 0 spiro atoms. The lowest BCUT2D eigenvalue weighted by Gasteiger charge is -2.16. The molecule has 0 saturated heterocycles. The van der Waals surface area contributed by atoms with E-state index in [1.807, 2.05) is 26.0 Å². The molecule has 1 amide bonds. The Kier molecular flexibility index (Phi) is 2.69. The van der Waals surface area contributed by atoms with Crippen LogP contribution in [0.4, 0.5) is 0 Å². The van der Waals surface area contributed by atoms with Crippen LogP contribution in [-0.2, 0) is 12.8 Å². The molecule has 3 rings (SSSR count). The minimum Gasteiger partial charge on any atom is -0.333 e. The molecule has 3 heteroatoms. The molecule has 1 fully saturated rings. The zero-order valence-electron chi connectivity index (χ0n) is 12.3. The highest BCUT2D eigenvalue weighted by Gasteiger charge is 2.63. The third-order valence-electron chi connectivity index (χ3n) is 5.02. The van der Waals surface area contributed by atoms with Gasteiger partial charge in [0.25, 0.3) is 5.91 Å². The Morgan fingerprint density at radius 3 is 2.55 bits per heavy atom. The second kappa shape index (κ2) is 4.09. The maximum Gasteiger partial charge on any atom is 0.252 e. The number of hydrogen-bond acceptors (Lipinski definition) is 2. The summed E-state index contributed by atoms with van der Waals surface area (Å²) in [5, 5.41) is 12.3. The van der Waals surface area contributed by atoms with Gasteiger partial charge < -0.3 is 5.32 Å². The molecule has 2 aliphatic rings. The van der Waals surface area contributed by atoms with Crippen LogP contribution in [0.5, 0.6) is 0 Å². The van der Waals surface area contributed by atoms with Gasteiger partial charge in [-0.3, -0.25) is 4.79 Å². The van der Waals surface area contributed by atoms with Crippen molar-refractivity contribution in [1.29, 1.82) is 5.26 Å². The Labute approximate surface area is 120 Å². The van der Waals surface area contributed by atoms with E-state index in [9.17, 15) is 10.1 Å². The number of nitriles is 1. The van der Waals surface area contributed by atoms with Gasteiger partial charge in [0.05, 0.1) is 6.07 Å². The van der Waals surface area contributed by atoms with Crippen LogP contribution in [0.2, 0.25) is 0 Å². The van der Waals surface area contributed by atoms with Crippen LogP contribution in [0.1, 0.15) is 53.7 Å². The van der Waals surface area contributed by atoms with Crippen molar-refractivity contribution < 1.29 is 4.79 Å². The second-order valence-corrected chi connectivity index (χ2v) is 6.77. The summed E-state index contributed by atoms with van der Waals surface area (Å²) in [5.41, 5.74) is 3.76. The summed E-state index contributed by atoms with van der Waals surface area (Å²) >= 11 is 0. The zero-order valence-corrected chi connectivity index (χ0v) is 12.3. The Morgan fingerprint density at radius 2 is 1.95 bits per heavy atom. The van der Waals surface area contributed by atoms with Crippen LogP contribution in [0.25, 0.3) is 0 Å². The zero-order chi connectivity index (χ0) is 14.5. The Balaban J connectivity index is 1.90. The van der Waals surface area contributed by atoms with Gasteiger partial charge in [0.1, 0.15) is 5.54 Å². The van der Waals surface area contributed by atoms with E-state index >= 15 is 0 Å². The lowest BCUT2D eigenvalue weighted by atomic mass is 9.97. The minimum atomic E-state index is -0.680. The first-order valence-electron chi connectivity index (χ1n) is 7.25. The van der Waals surface area contributed by atoms with Crippen LogP contribution in [0.3, 0.4) is 0 Å². The molecule has 104 valence electrons. The van der Waals surface area contributed by atoms with Gasteiger partial charge in [-0.25, -0.2) is 0 Å². The number of hydrogen-bond donors (Lipinski definition) is 1. The minimum absolute atomic E-state index is 0.0877. The first-order valence-corrected chi connectivity index (χ1v) is 7.25. The average Bonchev–Trinajstić information content (AvgIpc) is 2.79. The van der Waals surface area contributed by atoms with E-state index in [1.165, 1.54) is 16.7 Å². The molecule has 1 saturated carbocycles. The quantitative estimate of drug-likeness (QED) is 0.896. The SMILES string of the molecule is Cc1ccc(C(=O)N[C@@]2(C#N)CC2(C)C)c2c1CCC2. The van der Waals surface area contributed by atoms with E-state index in [1.54, 1.807) is 0 Å². The Morgan fingerprint density at radius 1 is 1.30 bits per heavy atom. The van der Waals surface area contributed by atoms with Crippen molar-refractivity contribution in [1.82, 2.24) is 5.32 Å². The fraction of sp³-hybridized carbons (Fsp3) is 0.529. The summed E-state index contributed by atoms with van der Waals surface area (Å²) in [6.07, 6.45) is 3.89. The first-order chi connectivity index (χ1) is 9.40. The maximum absolute atomic E-state index is 12.6. The molecular weight excluding hydrogens is 248 g/mol. The smallest absolute Gasteiger partial charge is 0.252 e. The molecule has 0 aliphatic heterocycles. The lowest BCUT2D eigenvalue weighted by Crippen LogP contribution is -2.39. The molecule has 1 N–H and O–H groups in total. The van der Waals surface area contributed by atoms with Crippen LogP contribution in [0, 0.1) is 23.7 Å². The van der Waals surface area contributed by atoms with E-state index in [4.69, 9.17) is 0 Å². The first kappa shape index (κ1) is 13.2. The molecule has 0 radical (unpaired) electrons. The second-order valence-electron chi connectivity index (χ2n) is 6.77. The summed E-state index contributed by atoms with van der Waals surface area (Å²) in [4.78, 5) is 12.6. The molecule has 3 nitrogen and oxygen atoms in total. The van der Waals surface area contributed by atoms with E-state index in [0.29, 0.717) is 0 Å². The summed E-state index contributed by atoms with van der Waals surface area (Å²) in [6.45, 7) is 6.15. The Hall–Kier alpha value is -1.82. The normalized spacial score (nSPS) is 25.7. The van der Waals surface area contributed by atoms with Gasteiger partial charge in [-0.2, -0.15) is 5.26 Å². The van der Waals surface area contributed by atoms with Crippen LogP contribution in [-0.4, -0.2) is 11.4 Å². The van der Waals surface area contributed by atoms with Gasteiger partial charge >= 0.3 is 0 Å². The molecule has 2 aliphatic carbocycles. The molecule has 20 heavy (non-hydrogen) atoms.